The SMILES string of the molecule is CC(C)(C)N(CC1(COc2cnc(Cl)c(-c3cccnc3)c2)CC1)C(=O)O. The van der Waals surface area contributed by atoms with Crippen LogP contribution in [0.1, 0.15) is 33.6 Å². The number of hydrogen-bond donors (Lipinski definition) is 1. The Balaban J connectivity index is 1.71. The number of carboxylic acid groups (broad SMARTS) is 1. The molecule has 2 heterocycles. The Morgan fingerprint density at radius 3 is 2.67 bits per heavy atom. The maximum Gasteiger partial charge on any atom is 0.407 e. The van der Waals surface area contributed by atoms with Gasteiger partial charge in [-0.3, -0.25) is 4.98 Å². The number of hydrogen-bond acceptors (Lipinski definition) is 4. The molecule has 6 nitrogen and oxygen atoms in total. The minimum Gasteiger partial charge on any atom is -0.491 e. The third-order valence-electron chi connectivity index (χ3n) is 4.82. The normalized spacial score (nSPS) is 15.3. The molecule has 144 valence electrons. The van der Waals surface area contributed by atoms with Crippen LogP contribution in [0.5, 0.6) is 5.75 Å². The molecular formula is C20H24ClN3O3. The maximum absolute atomic E-state index is 11.6. The molecule has 7 heteroatoms. The summed E-state index contributed by atoms with van der Waals surface area (Å²) in [7, 11) is 0. The highest BCUT2D eigenvalue weighted by molar-refractivity contribution is 6.32. The van der Waals surface area contributed by atoms with Crippen LogP contribution in [0, 0.1) is 5.41 Å². The van der Waals surface area contributed by atoms with E-state index in [0.29, 0.717) is 24.1 Å². The first kappa shape index (κ1) is 19.4. The van der Waals surface area contributed by atoms with Crippen LogP contribution in [-0.4, -0.2) is 44.8 Å². The molecule has 1 aliphatic rings. The van der Waals surface area contributed by atoms with E-state index in [1.54, 1.807) is 18.6 Å². The predicted octanol–water partition coefficient (Wildman–Crippen LogP) is 4.73. The zero-order valence-electron chi connectivity index (χ0n) is 15.8. The smallest absolute Gasteiger partial charge is 0.407 e. The summed E-state index contributed by atoms with van der Waals surface area (Å²) in [6.45, 7) is 6.62. The second-order valence-corrected chi connectivity index (χ2v) is 8.44. The van der Waals surface area contributed by atoms with Gasteiger partial charge in [0, 0.05) is 41.0 Å². The van der Waals surface area contributed by atoms with Crippen LogP contribution in [0.3, 0.4) is 0 Å². The van der Waals surface area contributed by atoms with Gasteiger partial charge in [0.1, 0.15) is 10.9 Å². The van der Waals surface area contributed by atoms with E-state index >= 15 is 0 Å². The zero-order valence-corrected chi connectivity index (χ0v) is 16.5. The molecule has 0 saturated heterocycles. The molecule has 27 heavy (non-hydrogen) atoms. The lowest BCUT2D eigenvalue weighted by Crippen LogP contribution is -2.48. The van der Waals surface area contributed by atoms with Crippen LogP contribution in [0.15, 0.2) is 36.8 Å². The fourth-order valence-corrected chi connectivity index (χ4v) is 3.13. The third kappa shape index (κ3) is 4.69. The molecule has 1 aliphatic carbocycles. The van der Waals surface area contributed by atoms with E-state index in [2.05, 4.69) is 9.97 Å². The second kappa shape index (κ2) is 7.35. The van der Waals surface area contributed by atoms with Gasteiger partial charge < -0.3 is 14.7 Å². The summed E-state index contributed by atoms with van der Waals surface area (Å²) in [5.41, 5.74) is 1.04. The molecule has 2 aromatic rings. The van der Waals surface area contributed by atoms with Crippen LogP contribution in [0.2, 0.25) is 5.15 Å². The summed E-state index contributed by atoms with van der Waals surface area (Å²) in [5, 5.41) is 9.92. The topological polar surface area (TPSA) is 75.5 Å². The molecule has 1 fully saturated rings. The van der Waals surface area contributed by atoms with E-state index in [1.807, 2.05) is 39.0 Å². The maximum atomic E-state index is 11.6. The standard InChI is InChI=1S/C20H24ClN3O3/c1-19(2,3)24(18(25)26)12-20(6-7-20)13-27-15-9-16(17(21)23-11-15)14-5-4-8-22-10-14/h4-5,8-11H,6-7,12-13H2,1-3H3,(H,25,26). The summed E-state index contributed by atoms with van der Waals surface area (Å²) >= 11 is 6.22. The van der Waals surface area contributed by atoms with Gasteiger partial charge in [-0.1, -0.05) is 17.7 Å². The molecule has 0 radical (unpaired) electrons. The van der Waals surface area contributed by atoms with Gasteiger partial charge in [-0.15, -0.1) is 0 Å². The Kier molecular flexibility index (Phi) is 5.29. The number of aromatic nitrogens is 2. The van der Waals surface area contributed by atoms with Gasteiger partial charge in [-0.05, 0) is 45.7 Å². The van der Waals surface area contributed by atoms with Crippen LogP contribution < -0.4 is 4.74 Å². The number of amides is 1. The van der Waals surface area contributed by atoms with Gasteiger partial charge in [0.15, 0.2) is 0 Å². The molecule has 0 unspecified atom stereocenters. The molecule has 0 aliphatic heterocycles. The largest absolute Gasteiger partial charge is 0.491 e. The Morgan fingerprint density at radius 1 is 1.37 bits per heavy atom. The molecule has 3 rings (SSSR count). The Hall–Kier alpha value is -2.34. The lowest BCUT2D eigenvalue weighted by molar-refractivity contribution is 0.0746. The number of nitrogens with zero attached hydrogens (tertiary/aromatic N) is 3. The highest BCUT2D eigenvalue weighted by Gasteiger charge is 2.47. The molecule has 0 spiro atoms. The van der Waals surface area contributed by atoms with Crippen LogP contribution in [-0.2, 0) is 0 Å². The van der Waals surface area contributed by atoms with Crippen molar-refractivity contribution in [3.05, 3.63) is 41.9 Å². The van der Waals surface area contributed by atoms with Crippen molar-refractivity contribution in [2.75, 3.05) is 13.2 Å². The van der Waals surface area contributed by atoms with Crippen molar-refractivity contribution >= 4 is 17.7 Å². The fraction of sp³-hybridized carbons (Fsp3) is 0.450. The van der Waals surface area contributed by atoms with E-state index in [0.717, 1.165) is 24.0 Å². The van der Waals surface area contributed by atoms with Crippen LogP contribution >= 0.6 is 11.6 Å². The van der Waals surface area contributed by atoms with Crippen LogP contribution in [0.4, 0.5) is 4.79 Å². The van der Waals surface area contributed by atoms with Crippen molar-refractivity contribution in [2.24, 2.45) is 5.41 Å². The molecular weight excluding hydrogens is 366 g/mol. The van der Waals surface area contributed by atoms with E-state index in [4.69, 9.17) is 16.3 Å². The average molecular weight is 390 g/mol. The van der Waals surface area contributed by atoms with E-state index in [-0.39, 0.29) is 5.41 Å². The molecule has 0 aromatic carbocycles. The lowest BCUT2D eigenvalue weighted by atomic mass is 10.0. The summed E-state index contributed by atoms with van der Waals surface area (Å²) < 4.78 is 5.98. The predicted molar refractivity (Wildman–Crippen MR) is 104 cm³/mol. The number of carbonyl (C=O) groups is 1. The van der Waals surface area contributed by atoms with Crippen molar-refractivity contribution in [2.45, 2.75) is 39.2 Å². The number of halogens is 1. The molecule has 2 aromatic heterocycles. The minimum atomic E-state index is -0.902. The van der Waals surface area contributed by atoms with Crippen molar-refractivity contribution in [1.82, 2.24) is 14.9 Å². The average Bonchev–Trinajstić information content (AvgIpc) is 3.39. The van der Waals surface area contributed by atoms with Gasteiger partial charge in [0.2, 0.25) is 0 Å². The first-order chi connectivity index (χ1) is 12.7. The molecule has 1 saturated carbocycles. The van der Waals surface area contributed by atoms with Gasteiger partial charge in [0.05, 0.1) is 12.8 Å². The monoisotopic (exact) mass is 389 g/mol. The summed E-state index contributed by atoms with van der Waals surface area (Å²) in [6.07, 6.45) is 6.01. The van der Waals surface area contributed by atoms with Crippen molar-refractivity contribution in [3.8, 4) is 16.9 Å². The Morgan fingerprint density at radius 2 is 2.11 bits per heavy atom. The van der Waals surface area contributed by atoms with Gasteiger partial charge in [-0.25, -0.2) is 9.78 Å². The lowest BCUT2D eigenvalue weighted by Gasteiger charge is -2.36. The van der Waals surface area contributed by atoms with E-state index in [9.17, 15) is 9.90 Å². The first-order valence-corrected chi connectivity index (χ1v) is 9.27. The fourth-order valence-electron chi connectivity index (χ4n) is 2.92. The second-order valence-electron chi connectivity index (χ2n) is 8.08. The first-order valence-electron chi connectivity index (χ1n) is 8.90. The van der Waals surface area contributed by atoms with Gasteiger partial charge in [0.25, 0.3) is 0 Å². The number of rotatable bonds is 6. The molecule has 1 amide bonds. The van der Waals surface area contributed by atoms with E-state index < -0.39 is 11.6 Å². The highest BCUT2D eigenvalue weighted by Crippen LogP contribution is 2.47. The molecule has 0 bridgehead atoms. The molecule has 1 N–H and O–H groups in total. The Bertz CT molecular complexity index is 817. The molecule has 0 atom stereocenters. The van der Waals surface area contributed by atoms with Crippen LogP contribution in [0.25, 0.3) is 11.1 Å². The van der Waals surface area contributed by atoms with E-state index in [1.165, 1.54) is 4.90 Å². The third-order valence-corrected chi connectivity index (χ3v) is 5.12. The van der Waals surface area contributed by atoms with Gasteiger partial charge >= 0.3 is 6.09 Å². The summed E-state index contributed by atoms with van der Waals surface area (Å²) in [5.74, 6) is 0.613. The Labute approximate surface area is 164 Å². The van der Waals surface area contributed by atoms with Gasteiger partial charge in [-0.2, -0.15) is 0 Å². The number of ether oxygens (including phenoxy) is 1. The summed E-state index contributed by atoms with van der Waals surface area (Å²) in [4.78, 5) is 21.4. The van der Waals surface area contributed by atoms with Crippen molar-refractivity contribution in [3.63, 3.8) is 0 Å². The zero-order chi connectivity index (χ0) is 19.7. The minimum absolute atomic E-state index is 0.139. The van der Waals surface area contributed by atoms with Crippen molar-refractivity contribution in [1.29, 1.82) is 0 Å². The quantitative estimate of drug-likeness (QED) is 0.722. The highest BCUT2D eigenvalue weighted by atomic mass is 35.5. The van der Waals surface area contributed by atoms with Crippen molar-refractivity contribution < 1.29 is 14.6 Å². The number of pyridine rings is 2. The summed E-state index contributed by atoms with van der Waals surface area (Å²) in [6, 6.07) is 5.60.